The van der Waals surface area contributed by atoms with Crippen LogP contribution in [0.3, 0.4) is 0 Å². The molecule has 134 valence electrons. The molecular weight excluding hydrogens is 308 g/mol. The molecule has 0 aromatic heterocycles. The molecular formula is C18H28N2O4. The number of hydrogen-bond donors (Lipinski definition) is 3. The summed E-state index contributed by atoms with van der Waals surface area (Å²) in [7, 11) is 1.64. The number of nitrogens with one attached hydrogen (secondary N) is 2. The minimum Gasteiger partial charge on any atom is -0.497 e. The highest BCUT2D eigenvalue weighted by molar-refractivity contribution is 5.73. The zero-order chi connectivity index (χ0) is 17.2. The van der Waals surface area contributed by atoms with Crippen LogP contribution < -0.4 is 15.4 Å². The maximum Gasteiger partial charge on any atom is 0.314 e. The normalized spacial score (nSPS) is 16.4. The van der Waals surface area contributed by atoms with Gasteiger partial charge in [-0.1, -0.05) is 12.1 Å². The van der Waals surface area contributed by atoms with E-state index in [0.717, 1.165) is 43.8 Å². The number of urea groups is 1. The van der Waals surface area contributed by atoms with E-state index in [0.29, 0.717) is 25.4 Å². The third-order valence-electron chi connectivity index (χ3n) is 4.39. The second-order valence-corrected chi connectivity index (χ2v) is 6.09. The second kappa shape index (κ2) is 10.2. The van der Waals surface area contributed by atoms with Crippen molar-refractivity contribution in [1.82, 2.24) is 10.6 Å². The number of aliphatic hydroxyl groups excluding tert-OH is 1. The van der Waals surface area contributed by atoms with Crippen molar-refractivity contribution >= 4 is 6.03 Å². The number of benzene rings is 1. The average Bonchev–Trinajstić information content (AvgIpc) is 2.63. The lowest BCUT2D eigenvalue weighted by molar-refractivity contribution is 0.00546. The van der Waals surface area contributed by atoms with E-state index >= 15 is 0 Å². The molecule has 0 saturated carbocycles. The molecule has 1 aromatic rings. The number of carbonyl (C=O) groups is 1. The quantitative estimate of drug-likeness (QED) is 0.675. The van der Waals surface area contributed by atoms with Crippen LogP contribution in [0.2, 0.25) is 0 Å². The van der Waals surface area contributed by atoms with Crippen molar-refractivity contribution in [2.24, 2.45) is 5.92 Å². The van der Waals surface area contributed by atoms with Crippen molar-refractivity contribution in [2.45, 2.75) is 31.8 Å². The molecule has 0 aliphatic carbocycles. The Balaban J connectivity index is 1.55. The van der Waals surface area contributed by atoms with Crippen LogP contribution in [-0.4, -0.2) is 50.7 Å². The largest absolute Gasteiger partial charge is 0.497 e. The van der Waals surface area contributed by atoms with E-state index in [-0.39, 0.29) is 12.1 Å². The van der Waals surface area contributed by atoms with Crippen molar-refractivity contribution < 1.29 is 19.4 Å². The van der Waals surface area contributed by atoms with Gasteiger partial charge in [0.15, 0.2) is 0 Å². The number of methoxy groups -OCH3 is 1. The van der Waals surface area contributed by atoms with Crippen molar-refractivity contribution in [3.63, 3.8) is 0 Å². The summed E-state index contributed by atoms with van der Waals surface area (Å²) in [5.74, 6) is 1.12. The summed E-state index contributed by atoms with van der Waals surface area (Å²) in [5, 5.41) is 15.7. The van der Waals surface area contributed by atoms with Crippen LogP contribution in [-0.2, 0) is 11.2 Å². The van der Waals surface area contributed by atoms with E-state index in [4.69, 9.17) is 9.47 Å². The van der Waals surface area contributed by atoms with Gasteiger partial charge in [-0.15, -0.1) is 0 Å². The Morgan fingerprint density at radius 2 is 1.92 bits per heavy atom. The van der Waals surface area contributed by atoms with Gasteiger partial charge in [-0.05, 0) is 49.3 Å². The standard InChI is InChI=1S/C18H28N2O4/c1-23-16-4-2-14(3-5-16)6-10-19-18(22)20-11-7-17(21)15-8-12-24-13-9-15/h2-5,15,17,21H,6-13H2,1H3,(H2,19,20,22)/t17-/m0/s1. The molecule has 1 fully saturated rings. The third-order valence-corrected chi connectivity index (χ3v) is 4.39. The van der Waals surface area contributed by atoms with Crippen LogP contribution in [0.1, 0.15) is 24.8 Å². The minimum atomic E-state index is -0.367. The van der Waals surface area contributed by atoms with E-state index in [1.54, 1.807) is 7.11 Å². The predicted molar refractivity (Wildman–Crippen MR) is 92.3 cm³/mol. The lowest BCUT2D eigenvalue weighted by Gasteiger charge is -2.26. The van der Waals surface area contributed by atoms with E-state index in [1.807, 2.05) is 24.3 Å². The Hall–Kier alpha value is -1.79. The molecule has 1 aliphatic heterocycles. The molecule has 1 saturated heterocycles. The van der Waals surface area contributed by atoms with Crippen LogP contribution in [0.25, 0.3) is 0 Å². The van der Waals surface area contributed by atoms with Gasteiger partial charge in [-0.2, -0.15) is 0 Å². The molecule has 1 heterocycles. The van der Waals surface area contributed by atoms with Crippen molar-refractivity contribution in [3.8, 4) is 5.75 Å². The molecule has 0 spiro atoms. The summed E-state index contributed by atoms with van der Waals surface area (Å²) in [6, 6.07) is 7.61. The third kappa shape index (κ3) is 6.37. The van der Waals surface area contributed by atoms with Crippen LogP contribution in [0.4, 0.5) is 4.79 Å². The average molecular weight is 336 g/mol. The van der Waals surface area contributed by atoms with Crippen LogP contribution in [0.5, 0.6) is 5.75 Å². The lowest BCUT2D eigenvalue weighted by Crippen LogP contribution is -2.39. The molecule has 0 unspecified atom stereocenters. The number of ether oxygens (including phenoxy) is 2. The first kappa shape index (κ1) is 18.5. The Morgan fingerprint density at radius 3 is 2.58 bits per heavy atom. The molecule has 3 N–H and O–H groups in total. The monoisotopic (exact) mass is 336 g/mol. The fourth-order valence-electron chi connectivity index (χ4n) is 2.84. The second-order valence-electron chi connectivity index (χ2n) is 6.09. The maximum absolute atomic E-state index is 11.7. The molecule has 1 aromatic carbocycles. The highest BCUT2D eigenvalue weighted by Crippen LogP contribution is 2.20. The highest BCUT2D eigenvalue weighted by atomic mass is 16.5. The van der Waals surface area contributed by atoms with Gasteiger partial charge in [0.05, 0.1) is 13.2 Å². The summed E-state index contributed by atoms with van der Waals surface area (Å²) in [6.45, 7) is 2.50. The molecule has 6 nitrogen and oxygen atoms in total. The maximum atomic E-state index is 11.7. The number of amides is 2. The first-order chi connectivity index (χ1) is 11.7. The van der Waals surface area contributed by atoms with Crippen LogP contribution >= 0.6 is 0 Å². The van der Waals surface area contributed by atoms with Gasteiger partial charge in [-0.25, -0.2) is 4.79 Å². The molecule has 2 amide bonds. The first-order valence-corrected chi connectivity index (χ1v) is 8.59. The Labute approximate surface area is 143 Å². The van der Waals surface area contributed by atoms with E-state index < -0.39 is 0 Å². The van der Waals surface area contributed by atoms with Crippen molar-refractivity contribution in [1.29, 1.82) is 0 Å². The minimum absolute atomic E-state index is 0.192. The molecule has 0 bridgehead atoms. The Morgan fingerprint density at radius 1 is 1.25 bits per heavy atom. The van der Waals surface area contributed by atoms with Crippen LogP contribution in [0, 0.1) is 5.92 Å². The molecule has 24 heavy (non-hydrogen) atoms. The van der Waals surface area contributed by atoms with E-state index in [1.165, 1.54) is 0 Å². The van der Waals surface area contributed by atoms with E-state index in [9.17, 15) is 9.90 Å². The summed E-state index contributed by atoms with van der Waals surface area (Å²) >= 11 is 0. The number of carbonyl (C=O) groups excluding carboxylic acids is 1. The Kier molecular flexibility index (Phi) is 7.85. The van der Waals surface area contributed by atoms with Crippen molar-refractivity contribution in [2.75, 3.05) is 33.4 Å². The fourth-order valence-corrected chi connectivity index (χ4v) is 2.84. The molecule has 1 aliphatic rings. The molecule has 2 rings (SSSR count). The summed E-state index contributed by atoms with van der Waals surface area (Å²) in [5.41, 5.74) is 1.14. The van der Waals surface area contributed by atoms with Crippen LogP contribution in [0.15, 0.2) is 24.3 Å². The van der Waals surface area contributed by atoms with Gasteiger partial charge in [-0.3, -0.25) is 0 Å². The summed E-state index contributed by atoms with van der Waals surface area (Å²) < 4.78 is 10.4. The van der Waals surface area contributed by atoms with Gasteiger partial charge in [0.25, 0.3) is 0 Å². The zero-order valence-corrected chi connectivity index (χ0v) is 14.3. The van der Waals surface area contributed by atoms with Gasteiger partial charge in [0.1, 0.15) is 5.75 Å². The number of aliphatic hydroxyl groups is 1. The van der Waals surface area contributed by atoms with Gasteiger partial charge < -0.3 is 25.2 Å². The number of hydrogen-bond acceptors (Lipinski definition) is 4. The first-order valence-electron chi connectivity index (χ1n) is 8.59. The van der Waals surface area contributed by atoms with Gasteiger partial charge in [0, 0.05) is 26.3 Å². The van der Waals surface area contributed by atoms with Gasteiger partial charge >= 0.3 is 6.03 Å². The number of rotatable bonds is 8. The zero-order valence-electron chi connectivity index (χ0n) is 14.3. The van der Waals surface area contributed by atoms with Crippen molar-refractivity contribution in [3.05, 3.63) is 29.8 Å². The SMILES string of the molecule is COc1ccc(CCNC(=O)NCC[C@H](O)C2CCOCC2)cc1. The summed E-state index contributed by atoms with van der Waals surface area (Å²) in [6.07, 6.45) is 2.77. The lowest BCUT2D eigenvalue weighted by atomic mass is 9.92. The highest BCUT2D eigenvalue weighted by Gasteiger charge is 2.21. The predicted octanol–water partition coefficient (Wildman–Crippen LogP) is 1.71. The van der Waals surface area contributed by atoms with Gasteiger partial charge in [0.2, 0.25) is 0 Å². The summed E-state index contributed by atoms with van der Waals surface area (Å²) in [4.78, 5) is 11.7. The topological polar surface area (TPSA) is 79.8 Å². The molecule has 6 heteroatoms. The molecule has 1 atom stereocenters. The molecule has 0 radical (unpaired) electrons. The smallest absolute Gasteiger partial charge is 0.314 e. The Bertz CT molecular complexity index is 486. The van der Waals surface area contributed by atoms with E-state index in [2.05, 4.69) is 10.6 Å². The fraction of sp³-hybridized carbons (Fsp3) is 0.611.